The van der Waals surface area contributed by atoms with Crippen LogP contribution in [0.15, 0.2) is 10.8 Å². The van der Waals surface area contributed by atoms with E-state index in [9.17, 15) is 0 Å². The number of ether oxygens (including phenoxy) is 1. The van der Waals surface area contributed by atoms with E-state index in [1.165, 1.54) is 6.33 Å². The maximum Gasteiger partial charge on any atom is 0.148 e. The van der Waals surface area contributed by atoms with Crippen LogP contribution in [0.25, 0.3) is 0 Å². The first-order valence-electron chi connectivity index (χ1n) is 5.15. The highest BCUT2D eigenvalue weighted by atomic mass is 79.9. The average molecular weight is 307 g/mol. The summed E-state index contributed by atoms with van der Waals surface area (Å²) in [5.41, 5.74) is -0.100. The number of hydrogen-bond acceptors (Lipinski definition) is 4. The molecule has 1 atom stereocenters. The first kappa shape index (κ1) is 12.1. The van der Waals surface area contributed by atoms with Crippen LogP contribution in [0, 0.1) is 0 Å². The molecule has 1 aromatic rings. The molecule has 6 heteroatoms. The van der Waals surface area contributed by atoms with Gasteiger partial charge in [-0.15, -0.1) is 0 Å². The molecule has 0 bridgehead atoms. The van der Waals surface area contributed by atoms with Gasteiger partial charge in [0.15, 0.2) is 0 Å². The van der Waals surface area contributed by atoms with E-state index in [0.29, 0.717) is 15.4 Å². The number of rotatable bonds is 3. The molecule has 1 N–H and O–H groups in total. The van der Waals surface area contributed by atoms with E-state index in [1.54, 1.807) is 0 Å². The molecule has 0 saturated carbocycles. The smallest absolute Gasteiger partial charge is 0.148 e. The van der Waals surface area contributed by atoms with Gasteiger partial charge in [-0.3, -0.25) is 0 Å². The fourth-order valence-corrected chi connectivity index (χ4v) is 2.20. The predicted molar refractivity (Wildman–Crippen MR) is 66.8 cm³/mol. The molecule has 0 spiro atoms. The van der Waals surface area contributed by atoms with Crippen molar-refractivity contribution in [3.05, 3.63) is 16.0 Å². The third-order valence-electron chi connectivity index (χ3n) is 2.68. The number of aromatic nitrogens is 2. The molecule has 0 aliphatic carbocycles. The second kappa shape index (κ2) is 4.85. The summed E-state index contributed by atoms with van der Waals surface area (Å²) in [6.07, 6.45) is 3.62. The quantitative estimate of drug-likeness (QED) is 0.872. The number of hydrogen-bond donors (Lipinski definition) is 1. The standard InChI is InChI=1S/C10H13BrClN3O/c1-10(3-2-4-16-10)5-13-9-7(11)8(12)14-6-15-9/h6H,2-5H2,1H3,(H,13,14,15). The van der Waals surface area contributed by atoms with Gasteiger partial charge in [0.1, 0.15) is 17.3 Å². The summed E-state index contributed by atoms with van der Waals surface area (Å²) in [5, 5.41) is 3.64. The zero-order valence-electron chi connectivity index (χ0n) is 8.96. The zero-order valence-corrected chi connectivity index (χ0v) is 11.3. The molecular weight excluding hydrogens is 293 g/mol. The highest BCUT2D eigenvalue weighted by Gasteiger charge is 2.29. The third-order valence-corrected chi connectivity index (χ3v) is 3.94. The lowest BCUT2D eigenvalue weighted by molar-refractivity contribution is 0.0314. The van der Waals surface area contributed by atoms with Crippen LogP contribution >= 0.6 is 27.5 Å². The Morgan fingerprint density at radius 2 is 2.44 bits per heavy atom. The van der Waals surface area contributed by atoms with Gasteiger partial charge in [0.05, 0.1) is 10.1 Å². The highest BCUT2D eigenvalue weighted by molar-refractivity contribution is 9.10. The molecule has 0 aromatic carbocycles. The van der Waals surface area contributed by atoms with Crippen LogP contribution < -0.4 is 5.32 Å². The van der Waals surface area contributed by atoms with Gasteiger partial charge < -0.3 is 10.1 Å². The maximum absolute atomic E-state index is 5.87. The molecule has 1 saturated heterocycles. The van der Waals surface area contributed by atoms with Gasteiger partial charge >= 0.3 is 0 Å². The molecule has 1 fully saturated rings. The first-order chi connectivity index (χ1) is 7.61. The van der Waals surface area contributed by atoms with Gasteiger partial charge in [-0.1, -0.05) is 11.6 Å². The van der Waals surface area contributed by atoms with Crippen molar-refractivity contribution >= 4 is 33.3 Å². The number of halogens is 2. The van der Waals surface area contributed by atoms with Crippen LogP contribution in [0.5, 0.6) is 0 Å². The van der Waals surface area contributed by atoms with Crippen molar-refractivity contribution in [3.63, 3.8) is 0 Å². The van der Waals surface area contributed by atoms with Crippen molar-refractivity contribution < 1.29 is 4.74 Å². The molecule has 4 nitrogen and oxygen atoms in total. The van der Waals surface area contributed by atoms with Crippen molar-refractivity contribution in [2.45, 2.75) is 25.4 Å². The Morgan fingerprint density at radius 1 is 1.62 bits per heavy atom. The normalized spacial score (nSPS) is 24.7. The van der Waals surface area contributed by atoms with Gasteiger partial charge in [0.2, 0.25) is 0 Å². The van der Waals surface area contributed by atoms with E-state index in [0.717, 1.165) is 26.0 Å². The maximum atomic E-state index is 5.87. The van der Waals surface area contributed by atoms with E-state index in [1.807, 2.05) is 0 Å². The SMILES string of the molecule is CC1(CNc2ncnc(Cl)c2Br)CCCO1. The summed E-state index contributed by atoms with van der Waals surface area (Å²) in [4.78, 5) is 7.99. The molecule has 0 radical (unpaired) electrons. The Kier molecular flexibility index (Phi) is 3.66. The second-order valence-electron chi connectivity index (χ2n) is 4.08. The summed E-state index contributed by atoms with van der Waals surface area (Å²) in [6.45, 7) is 3.66. The van der Waals surface area contributed by atoms with Crippen molar-refractivity contribution in [3.8, 4) is 0 Å². The summed E-state index contributed by atoms with van der Waals surface area (Å²) in [6, 6.07) is 0. The first-order valence-corrected chi connectivity index (χ1v) is 6.32. The summed E-state index contributed by atoms with van der Waals surface area (Å²) in [7, 11) is 0. The van der Waals surface area contributed by atoms with Crippen molar-refractivity contribution in [2.24, 2.45) is 0 Å². The molecule has 1 aromatic heterocycles. The largest absolute Gasteiger partial charge is 0.373 e. The number of nitrogens with zero attached hydrogens (tertiary/aromatic N) is 2. The van der Waals surface area contributed by atoms with E-state index >= 15 is 0 Å². The van der Waals surface area contributed by atoms with Gasteiger partial charge in [-0.2, -0.15) is 0 Å². The number of nitrogens with one attached hydrogen (secondary N) is 1. The van der Waals surface area contributed by atoms with Gasteiger partial charge in [-0.25, -0.2) is 9.97 Å². The third kappa shape index (κ3) is 2.64. The van der Waals surface area contributed by atoms with Crippen LogP contribution in [-0.4, -0.2) is 28.7 Å². The van der Waals surface area contributed by atoms with E-state index in [-0.39, 0.29) is 5.60 Å². The van der Waals surface area contributed by atoms with Crippen LogP contribution in [-0.2, 0) is 4.74 Å². The summed E-state index contributed by atoms with van der Waals surface area (Å²) in [5.74, 6) is 0.705. The van der Waals surface area contributed by atoms with Crippen LogP contribution in [0.2, 0.25) is 5.15 Å². The van der Waals surface area contributed by atoms with Crippen LogP contribution in [0.4, 0.5) is 5.82 Å². The van der Waals surface area contributed by atoms with Crippen LogP contribution in [0.1, 0.15) is 19.8 Å². The molecule has 1 aliphatic heterocycles. The molecule has 1 aliphatic rings. The molecule has 2 heterocycles. The van der Waals surface area contributed by atoms with Gasteiger partial charge in [0, 0.05) is 13.2 Å². The molecule has 16 heavy (non-hydrogen) atoms. The minimum atomic E-state index is -0.100. The average Bonchev–Trinajstić information content (AvgIpc) is 2.68. The lowest BCUT2D eigenvalue weighted by atomic mass is 10.0. The minimum absolute atomic E-state index is 0.100. The minimum Gasteiger partial charge on any atom is -0.373 e. The Morgan fingerprint density at radius 3 is 3.12 bits per heavy atom. The highest BCUT2D eigenvalue weighted by Crippen LogP contribution is 2.29. The summed E-state index contributed by atoms with van der Waals surface area (Å²) >= 11 is 9.22. The molecule has 1 unspecified atom stereocenters. The Bertz CT molecular complexity index is 382. The van der Waals surface area contributed by atoms with Crippen LogP contribution in [0.3, 0.4) is 0 Å². The van der Waals surface area contributed by atoms with Crippen molar-refractivity contribution in [1.29, 1.82) is 0 Å². The van der Waals surface area contributed by atoms with E-state index in [2.05, 4.69) is 38.1 Å². The summed E-state index contributed by atoms with van der Waals surface area (Å²) < 4.78 is 6.37. The van der Waals surface area contributed by atoms with Gasteiger partial charge in [0.25, 0.3) is 0 Å². The Hall–Kier alpha value is -0.390. The molecular formula is C10H13BrClN3O. The lowest BCUT2D eigenvalue weighted by Gasteiger charge is -2.23. The van der Waals surface area contributed by atoms with E-state index < -0.39 is 0 Å². The molecule has 0 amide bonds. The van der Waals surface area contributed by atoms with Crippen molar-refractivity contribution in [1.82, 2.24) is 9.97 Å². The predicted octanol–water partition coefficient (Wildman–Crippen LogP) is 2.87. The van der Waals surface area contributed by atoms with E-state index in [4.69, 9.17) is 16.3 Å². The molecule has 88 valence electrons. The Labute approximate surface area is 108 Å². The fourth-order valence-electron chi connectivity index (χ4n) is 1.72. The monoisotopic (exact) mass is 305 g/mol. The van der Waals surface area contributed by atoms with Gasteiger partial charge in [-0.05, 0) is 35.7 Å². The fraction of sp³-hybridized carbons (Fsp3) is 0.600. The molecule has 2 rings (SSSR count). The topological polar surface area (TPSA) is 47.0 Å². The number of anilines is 1. The zero-order chi connectivity index (χ0) is 11.6. The Balaban J connectivity index is 2.02. The lowest BCUT2D eigenvalue weighted by Crippen LogP contribution is -2.32. The van der Waals surface area contributed by atoms with Crippen molar-refractivity contribution in [2.75, 3.05) is 18.5 Å². The second-order valence-corrected chi connectivity index (χ2v) is 5.23.